The number of benzene rings is 2. The number of hydrogen-bond acceptors (Lipinski definition) is 5. The summed E-state index contributed by atoms with van der Waals surface area (Å²) >= 11 is 0. The lowest BCUT2D eigenvalue weighted by molar-refractivity contribution is 0.354. The molecule has 0 saturated heterocycles. The molecule has 0 amide bonds. The van der Waals surface area contributed by atoms with E-state index >= 15 is 0 Å². The highest BCUT2D eigenvalue weighted by Crippen LogP contribution is 2.25. The minimum absolute atomic E-state index is 0.243. The first-order valence-corrected chi connectivity index (χ1v) is 9.43. The maximum atomic E-state index is 12.9. The van der Waals surface area contributed by atoms with E-state index in [1.54, 1.807) is 29.7 Å². The van der Waals surface area contributed by atoms with Crippen molar-refractivity contribution in [2.24, 2.45) is 0 Å². The van der Waals surface area contributed by atoms with E-state index in [0.717, 1.165) is 5.39 Å². The summed E-state index contributed by atoms with van der Waals surface area (Å²) in [5, 5.41) is 9.55. The van der Waals surface area contributed by atoms with Crippen molar-refractivity contribution in [3.05, 3.63) is 48.3 Å². The van der Waals surface area contributed by atoms with Crippen LogP contribution in [0.1, 0.15) is 25.7 Å². The Morgan fingerprint density at radius 1 is 1.16 bits per heavy atom. The molecule has 2 aromatic carbocycles. The average molecular weight is 360 g/mol. The summed E-state index contributed by atoms with van der Waals surface area (Å²) in [5.41, 5.74) is 0. The van der Waals surface area contributed by atoms with Gasteiger partial charge in [-0.3, -0.25) is 4.57 Å². The normalized spacial score (nSPS) is 13.1. The Labute approximate surface area is 146 Å². The third kappa shape index (κ3) is 3.22. The number of sulfonamides is 1. The van der Waals surface area contributed by atoms with Crippen molar-refractivity contribution < 1.29 is 13.2 Å². The van der Waals surface area contributed by atoms with E-state index in [0.29, 0.717) is 23.8 Å². The molecule has 1 atom stereocenters. The summed E-state index contributed by atoms with van der Waals surface area (Å²) < 4.78 is 35.4. The van der Waals surface area contributed by atoms with Crippen LogP contribution in [0.3, 0.4) is 0 Å². The summed E-state index contributed by atoms with van der Waals surface area (Å²) in [6.07, 6.45) is 0. The smallest absolute Gasteiger partial charge is 0.316 e. The zero-order valence-electron chi connectivity index (χ0n) is 14.3. The second-order valence-electron chi connectivity index (χ2n) is 5.61. The van der Waals surface area contributed by atoms with E-state index in [4.69, 9.17) is 4.74 Å². The molecule has 1 N–H and O–H groups in total. The number of fused-ring (bicyclic) bond motifs is 1. The molecule has 8 heteroatoms. The number of aromatic nitrogens is 3. The van der Waals surface area contributed by atoms with Crippen molar-refractivity contribution in [3.63, 3.8) is 0 Å². The van der Waals surface area contributed by atoms with Crippen LogP contribution in [0.15, 0.2) is 47.4 Å². The maximum absolute atomic E-state index is 12.9. The molecular weight excluding hydrogens is 340 g/mol. The molecule has 0 spiro atoms. The van der Waals surface area contributed by atoms with Crippen LogP contribution in [-0.2, 0) is 16.6 Å². The molecule has 0 aliphatic rings. The Morgan fingerprint density at radius 3 is 2.60 bits per heavy atom. The van der Waals surface area contributed by atoms with E-state index in [2.05, 4.69) is 14.9 Å². The van der Waals surface area contributed by atoms with Crippen molar-refractivity contribution in [2.45, 2.75) is 31.3 Å². The quantitative estimate of drug-likeness (QED) is 0.730. The predicted octanol–water partition coefficient (Wildman–Crippen LogP) is 2.50. The lowest BCUT2D eigenvalue weighted by atomic mass is 10.1. The summed E-state index contributed by atoms with van der Waals surface area (Å²) in [6, 6.07) is 12.4. The van der Waals surface area contributed by atoms with Crippen LogP contribution >= 0.6 is 0 Å². The van der Waals surface area contributed by atoms with Crippen LogP contribution in [-0.4, -0.2) is 30.3 Å². The van der Waals surface area contributed by atoms with Gasteiger partial charge in [0.15, 0.2) is 5.82 Å². The Hall–Kier alpha value is -2.45. The molecule has 25 heavy (non-hydrogen) atoms. The molecule has 0 radical (unpaired) electrons. The molecule has 0 aliphatic heterocycles. The highest BCUT2D eigenvalue weighted by Gasteiger charge is 2.24. The molecule has 0 saturated carbocycles. The van der Waals surface area contributed by atoms with Crippen LogP contribution in [0.4, 0.5) is 0 Å². The SMILES string of the molecule is CCn1c(OC)nnc1[C@@H](C)NS(=O)(=O)c1cccc2ccccc12. The second kappa shape index (κ2) is 6.81. The number of hydrogen-bond donors (Lipinski definition) is 1. The Morgan fingerprint density at radius 2 is 1.88 bits per heavy atom. The van der Waals surface area contributed by atoms with Crippen molar-refractivity contribution in [1.29, 1.82) is 0 Å². The van der Waals surface area contributed by atoms with Crippen LogP contribution in [0.5, 0.6) is 6.01 Å². The number of methoxy groups -OCH3 is 1. The lowest BCUT2D eigenvalue weighted by Gasteiger charge is -2.16. The molecule has 0 unspecified atom stereocenters. The molecule has 3 rings (SSSR count). The first kappa shape index (κ1) is 17.4. The number of nitrogens with one attached hydrogen (secondary N) is 1. The second-order valence-corrected chi connectivity index (χ2v) is 7.29. The molecule has 0 bridgehead atoms. The minimum atomic E-state index is -3.73. The van der Waals surface area contributed by atoms with Crippen LogP contribution in [0.25, 0.3) is 10.8 Å². The van der Waals surface area contributed by atoms with Crippen LogP contribution < -0.4 is 9.46 Å². The first-order valence-electron chi connectivity index (χ1n) is 7.95. The fourth-order valence-corrected chi connectivity index (χ4v) is 4.28. The van der Waals surface area contributed by atoms with Gasteiger partial charge in [0.2, 0.25) is 10.0 Å². The summed E-state index contributed by atoms with van der Waals surface area (Å²) in [5.74, 6) is 0.503. The molecular formula is C17H20N4O3S. The first-order chi connectivity index (χ1) is 12.0. The Kier molecular flexibility index (Phi) is 4.73. The zero-order chi connectivity index (χ0) is 18.0. The zero-order valence-corrected chi connectivity index (χ0v) is 15.1. The summed E-state index contributed by atoms with van der Waals surface area (Å²) in [7, 11) is -2.22. The van der Waals surface area contributed by atoms with Gasteiger partial charge < -0.3 is 4.74 Å². The monoisotopic (exact) mass is 360 g/mol. The van der Waals surface area contributed by atoms with Crippen molar-refractivity contribution in [1.82, 2.24) is 19.5 Å². The van der Waals surface area contributed by atoms with Gasteiger partial charge in [0, 0.05) is 11.9 Å². The molecule has 7 nitrogen and oxygen atoms in total. The van der Waals surface area contributed by atoms with E-state index in [9.17, 15) is 8.42 Å². The molecule has 132 valence electrons. The molecule has 0 fully saturated rings. The van der Waals surface area contributed by atoms with Gasteiger partial charge in [0.25, 0.3) is 0 Å². The Bertz CT molecular complexity index is 993. The van der Waals surface area contributed by atoms with Gasteiger partial charge in [-0.2, -0.15) is 0 Å². The van der Waals surface area contributed by atoms with Gasteiger partial charge in [-0.25, -0.2) is 13.1 Å². The van der Waals surface area contributed by atoms with Gasteiger partial charge >= 0.3 is 6.01 Å². The van der Waals surface area contributed by atoms with E-state index in [1.165, 1.54) is 7.11 Å². The Balaban J connectivity index is 1.97. The van der Waals surface area contributed by atoms with Crippen molar-refractivity contribution >= 4 is 20.8 Å². The van der Waals surface area contributed by atoms with Crippen LogP contribution in [0, 0.1) is 0 Å². The van der Waals surface area contributed by atoms with Gasteiger partial charge in [0.1, 0.15) is 0 Å². The van der Waals surface area contributed by atoms with Gasteiger partial charge in [0.05, 0.1) is 18.0 Å². The van der Waals surface area contributed by atoms with Gasteiger partial charge in [-0.15, -0.1) is 5.10 Å². The molecule has 0 aliphatic carbocycles. The minimum Gasteiger partial charge on any atom is -0.467 e. The topological polar surface area (TPSA) is 86.1 Å². The average Bonchev–Trinajstić information content (AvgIpc) is 3.04. The fourth-order valence-electron chi connectivity index (χ4n) is 2.85. The predicted molar refractivity (Wildman–Crippen MR) is 94.9 cm³/mol. The largest absolute Gasteiger partial charge is 0.467 e. The van der Waals surface area contributed by atoms with Gasteiger partial charge in [-0.05, 0) is 25.3 Å². The highest BCUT2D eigenvalue weighted by molar-refractivity contribution is 7.89. The van der Waals surface area contributed by atoms with E-state index in [-0.39, 0.29) is 4.90 Å². The van der Waals surface area contributed by atoms with Crippen molar-refractivity contribution in [2.75, 3.05) is 7.11 Å². The van der Waals surface area contributed by atoms with E-state index < -0.39 is 16.1 Å². The molecule has 3 aromatic rings. The number of ether oxygens (including phenoxy) is 1. The third-order valence-corrected chi connectivity index (χ3v) is 5.60. The standard InChI is InChI=1S/C17H20N4O3S/c1-4-21-16(18-19-17(21)24-3)12(2)20-25(22,23)15-11-7-9-13-8-5-6-10-14(13)15/h5-12,20H,4H2,1-3H3/t12-/m1/s1. The highest BCUT2D eigenvalue weighted by atomic mass is 32.2. The molecule has 1 heterocycles. The lowest BCUT2D eigenvalue weighted by Crippen LogP contribution is -2.29. The maximum Gasteiger partial charge on any atom is 0.316 e. The van der Waals surface area contributed by atoms with Crippen molar-refractivity contribution in [3.8, 4) is 6.01 Å². The fraction of sp³-hybridized carbons (Fsp3) is 0.294. The summed E-state index contributed by atoms with van der Waals surface area (Å²) in [6.45, 7) is 4.23. The van der Waals surface area contributed by atoms with E-state index in [1.807, 2.05) is 31.2 Å². The number of rotatable bonds is 6. The van der Waals surface area contributed by atoms with Gasteiger partial charge in [-0.1, -0.05) is 41.5 Å². The molecule has 1 aromatic heterocycles. The number of nitrogens with zero attached hydrogens (tertiary/aromatic N) is 3. The van der Waals surface area contributed by atoms with Crippen LogP contribution in [0.2, 0.25) is 0 Å². The summed E-state index contributed by atoms with van der Waals surface area (Å²) in [4.78, 5) is 0.243. The third-order valence-electron chi connectivity index (χ3n) is 4.00.